The van der Waals surface area contributed by atoms with Crippen LogP contribution in [0, 0.1) is 11.3 Å². The van der Waals surface area contributed by atoms with E-state index in [4.69, 9.17) is 9.47 Å². The van der Waals surface area contributed by atoms with Crippen molar-refractivity contribution in [3.63, 3.8) is 0 Å². The van der Waals surface area contributed by atoms with Crippen LogP contribution in [0.2, 0.25) is 0 Å². The number of ether oxygens (including phenoxy) is 2. The number of benzene rings is 2. The summed E-state index contributed by atoms with van der Waals surface area (Å²) < 4.78 is 12.0. The maximum atomic E-state index is 6.05. The SMILES string of the molecule is CC1CC(C)(C)CC(c2ccc(Oc3ccc(C(C)(C)C)nn3)cc2)(c2ccc(OC(C)C)cc2)C1. The third-order valence-corrected chi connectivity index (χ3v) is 7.19. The van der Waals surface area contributed by atoms with E-state index in [1.807, 2.05) is 12.1 Å². The highest BCUT2D eigenvalue weighted by Crippen LogP contribution is 2.53. The Balaban J connectivity index is 1.64. The van der Waals surface area contributed by atoms with Gasteiger partial charge in [-0.15, -0.1) is 5.10 Å². The zero-order valence-corrected chi connectivity index (χ0v) is 23.3. The topological polar surface area (TPSA) is 44.2 Å². The molecule has 1 aliphatic rings. The van der Waals surface area contributed by atoms with Crippen molar-refractivity contribution in [1.82, 2.24) is 10.2 Å². The van der Waals surface area contributed by atoms with E-state index in [1.54, 1.807) is 0 Å². The third-order valence-electron chi connectivity index (χ3n) is 7.19. The van der Waals surface area contributed by atoms with Gasteiger partial charge < -0.3 is 9.47 Å². The van der Waals surface area contributed by atoms with Gasteiger partial charge in [0.1, 0.15) is 11.5 Å². The molecule has 1 aromatic heterocycles. The molecule has 0 bridgehead atoms. The molecule has 1 heterocycles. The zero-order valence-electron chi connectivity index (χ0n) is 23.3. The molecule has 4 nitrogen and oxygen atoms in total. The summed E-state index contributed by atoms with van der Waals surface area (Å²) in [6, 6.07) is 21.3. The number of hydrogen-bond donors (Lipinski definition) is 0. The van der Waals surface area contributed by atoms with Crippen molar-refractivity contribution in [1.29, 1.82) is 0 Å². The van der Waals surface area contributed by atoms with Crippen LogP contribution in [-0.2, 0) is 10.8 Å². The lowest BCUT2D eigenvalue weighted by Gasteiger charge is -2.48. The molecule has 2 atom stereocenters. The van der Waals surface area contributed by atoms with Crippen LogP contribution >= 0.6 is 0 Å². The fraction of sp³-hybridized carbons (Fsp3) is 0.500. The minimum Gasteiger partial charge on any atom is -0.491 e. The van der Waals surface area contributed by atoms with E-state index >= 15 is 0 Å². The quantitative estimate of drug-likeness (QED) is 0.350. The van der Waals surface area contributed by atoms with Crippen LogP contribution in [0.15, 0.2) is 60.7 Å². The third kappa shape index (κ3) is 5.91. The molecule has 2 aromatic carbocycles. The maximum absolute atomic E-state index is 6.05. The first-order chi connectivity index (χ1) is 16.9. The van der Waals surface area contributed by atoms with Gasteiger partial charge in [0, 0.05) is 16.9 Å². The summed E-state index contributed by atoms with van der Waals surface area (Å²) >= 11 is 0. The fourth-order valence-electron chi connectivity index (χ4n) is 6.04. The van der Waals surface area contributed by atoms with Crippen molar-refractivity contribution < 1.29 is 9.47 Å². The van der Waals surface area contributed by atoms with E-state index in [0.29, 0.717) is 11.8 Å². The summed E-state index contributed by atoms with van der Waals surface area (Å²) in [5.41, 5.74) is 3.81. The van der Waals surface area contributed by atoms with E-state index in [2.05, 4.69) is 114 Å². The Hall–Kier alpha value is -2.88. The van der Waals surface area contributed by atoms with Gasteiger partial charge in [-0.1, -0.05) is 65.8 Å². The molecular weight excluding hydrogens is 444 g/mol. The molecule has 192 valence electrons. The van der Waals surface area contributed by atoms with E-state index in [0.717, 1.165) is 30.0 Å². The predicted molar refractivity (Wildman–Crippen MR) is 147 cm³/mol. The summed E-state index contributed by atoms with van der Waals surface area (Å²) in [5, 5.41) is 8.64. The molecule has 0 saturated heterocycles. The van der Waals surface area contributed by atoms with Gasteiger partial charge in [0.05, 0.1) is 11.8 Å². The van der Waals surface area contributed by atoms with Gasteiger partial charge in [-0.3, -0.25) is 0 Å². The monoisotopic (exact) mass is 486 g/mol. The number of hydrogen-bond acceptors (Lipinski definition) is 4. The van der Waals surface area contributed by atoms with E-state index < -0.39 is 0 Å². The second-order valence-electron chi connectivity index (χ2n) is 12.8. The van der Waals surface area contributed by atoms with Crippen molar-refractivity contribution >= 4 is 0 Å². The smallest absolute Gasteiger partial charge is 0.238 e. The van der Waals surface area contributed by atoms with Crippen LogP contribution in [0.5, 0.6) is 17.4 Å². The van der Waals surface area contributed by atoms with Gasteiger partial charge in [-0.05, 0) is 85.9 Å². The first kappa shape index (κ1) is 26.2. The lowest BCUT2D eigenvalue weighted by molar-refractivity contribution is 0.127. The van der Waals surface area contributed by atoms with Crippen LogP contribution in [0.4, 0.5) is 0 Å². The molecule has 0 radical (unpaired) electrons. The molecule has 2 unspecified atom stereocenters. The second kappa shape index (κ2) is 9.88. The highest BCUT2D eigenvalue weighted by atomic mass is 16.5. The maximum Gasteiger partial charge on any atom is 0.238 e. The summed E-state index contributed by atoms with van der Waals surface area (Å²) in [7, 11) is 0. The highest BCUT2D eigenvalue weighted by molar-refractivity contribution is 5.45. The lowest BCUT2D eigenvalue weighted by atomic mass is 9.55. The van der Waals surface area contributed by atoms with Gasteiger partial charge in [0.15, 0.2) is 0 Å². The summed E-state index contributed by atoms with van der Waals surface area (Å²) in [6.45, 7) is 17.7. The van der Waals surface area contributed by atoms with Crippen LogP contribution in [0.25, 0.3) is 0 Å². The van der Waals surface area contributed by atoms with E-state index in [1.165, 1.54) is 17.5 Å². The lowest BCUT2D eigenvalue weighted by Crippen LogP contribution is -2.41. The Morgan fingerprint density at radius 2 is 1.39 bits per heavy atom. The first-order valence-corrected chi connectivity index (χ1v) is 13.3. The van der Waals surface area contributed by atoms with Crippen molar-refractivity contribution in [2.45, 2.75) is 91.6 Å². The fourth-order valence-corrected chi connectivity index (χ4v) is 6.04. The van der Waals surface area contributed by atoms with Crippen molar-refractivity contribution in [3.05, 3.63) is 77.5 Å². The Morgan fingerprint density at radius 3 is 1.86 bits per heavy atom. The molecule has 36 heavy (non-hydrogen) atoms. The van der Waals surface area contributed by atoms with Crippen LogP contribution in [-0.4, -0.2) is 16.3 Å². The summed E-state index contributed by atoms with van der Waals surface area (Å²) in [4.78, 5) is 0. The van der Waals surface area contributed by atoms with Crippen LogP contribution in [0.3, 0.4) is 0 Å². The highest BCUT2D eigenvalue weighted by Gasteiger charge is 2.45. The Labute approximate surface area is 217 Å². The molecule has 0 amide bonds. The molecular formula is C32H42N2O2. The molecule has 4 heteroatoms. The Morgan fingerprint density at radius 1 is 0.806 bits per heavy atom. The number of rotatable bonds is 6. The molecule has 4 rings (SSSR count). The van der Waals surface area contributed by atoms with E-state index in [9.17, 15) is 0 Å². The van der Waals surface area contributed by atoms with Gasteiger partial charge in [-0.25, -0.2) is 0 Å². The Bertz CT molecular complexity index is 1140. The normalized spacial score (nSPS) is 21.9. The molecule has 3 aromatic rings. The summed E-state index contributed by atoms with van der Waals surface area (Å²) in [6.07, 6.45) is 3.64. The van der Waals surface area contributed by atoms with Crippen molar-refractivity contribution in [2.24, 2.45) is 11.3 Å². The molecule has 0 spiro atoms. The number of nitrogens with zero attached hydrogens (tertiary/aromatic N) is 2. The van der Waals surface area contributed by atoms with E-state index in [-0.39, 0.29) is 22.3 Å². The standard InChI is InChI=1S/C32H42N2O2/c1-22(2)35-26-13-9-24(10-14-26)32(20-23(3)19-31(7,8)21-32)25-11-15-27(16-12-25)36-29-18-17-28(33-34-29)30(4,5)6/h9-18,22-23H,19-21H2,1-8H3. The van der Waals surface area contributed by atoms with Gasteiger partial charge >= 0.3 is 0 Å². The molecule has 0 N–H and O–H groups in total. The predicted octanol–water partition coefficient (Wildman–Crippen LogP) is 8.49. The van der Waals surface area contributed by atoms with Gasteiger partial charge in [-0.2, -0.15) is 5.10 Å². The van der Waals surface area contributed by atoms with Crippen molar-refractivity contribution in [2.75, 3.05) is 0 Å². The average Bonchev–Trinajstić information content (AvgIpc) is 2.78. The minimum absolute atomic E-state index is 0.0362. The first-order valence-electron chi connectivity index (χ1n) is 13.3. The molecule has 1 aliphatic carbocycles. The van der Waals surface area contributed by atoms with Crippen LogP contribution < -0.4 is 9.47 Å². The van der Waals surface area contributed by atoms with Gasteiger partial charge in [0.25, 0.3) is 0 Å². The second-order valence-corrected chi connectivity index (χ2v) is 12.8. The van der Waals surface area contributed by atoms with Gasteiger partial charge in [0.2, 0.25) is 5.88 Å². The zero-order chi connectivity index (χ0) is 26.1. The Kier molecular flexibility index (Phi) is 7.19. The summed E-state index contributed by atoms with van der Waals surface area (Å²) in [5.74, 6) is 2.84. The molecule has 0 aliphatic heterocycles. The average molecular weight is 487 g/mol. The van der Waals surface area contributed by atoms with Crippen LogP contribution in [0.1, 0.15) is 91.5 Å². The molecule has 1 fully saturated rings. The number of aromatic nitrogens is 2. The van der Waals surface area contributed by atoms with Crippen molar-refractivity contribution in [3.8, 4) is 17.4 Å². The molecule has 1 saturated carbocycles. The minimum atomic E-state index is -0.0514. The largest absolute Gasteiger partial charge is 0.491 e.